The van der Waals surface area contributed by atoms with E-state index in [9.17, 15) is 4.79 Å². The molecular weight excluding hydrogens is 544 g/mol. The number of ether oxygens (including phenoxy) is 1. The van der Waals surface area contributed by atoms with E-state index in [2.05, 4.69) is 56.0 Å². The molecule has 0 saturated carbocycles. The Morgan fingerprint density at radius 1 is 0.952 bits per heavy atom. The Balaban J connectivity index is 1.30. The van der Waals surface area contributed by atoms with E-state index in [4.69, 9.17) is 17.0 Å². The Kier molecular flexibility index (Phi) is 7.66. The number of amides is 1. The van der Waals surface area contributed by atoms with Gasteiger partial charge in [0.2, 0.25) is 0 Å². The lowest BCUT2D eigenvalue weighted by molar-refractivity contribution is -0.118. The standard InChI is InChI=1S/C33H30N6O2S/c1-22-19-28(23(2)38(22)26-9-8-17-34-20-26)32-31(29-12-6-7-18-35-29)37-33(42)39(32)25-15-13-24(14-16-25)36-30(40)21-41-27-10-4-3-5-11-27/h3-20,31-32H,21H2,1-2H3,(H,36,40)(H,37,42). The lowest BCUT2D eigenvalue weighted by Gasteiger charge is -2.28. The first-order valence-electron chi connectivity index (χ1n) is 13.7. The van der Waals surface area contributed by atoms with Crippen molar-refractivity contribution in [2.24, 2.45) is 0 Å². The van der Waals surface area contributed by atoms with Crippen LogP contribution in [0.15, 0.2) is 110 Å². The highest BCUT2D eigenvalue weighted by molar-refractivity contribution is 7.80. The van der Waals surface area contributed by atoms with Crippen molar-refractivity contribution < 1.29 is 9.53 Å². The molecule has 0 bridgehead atoms. The minimum absolute atomic E-state index is 0.0771. The number of anilines is 2. The molecule has 8 nitrogen and oxygen atoms in total. The van der Waals surface area contributed by atoms with Crippen LogP contribution in [0.4, 0.5) is 11.4 Å². The second kappa shape index (κ2) is 11.8. The molecule has 2 aromatic carbocycles. The van der Waals surface area contributed by atoms with E-state index in [1.165, 1.54) is 0 Å². The van der Waals surface area contributed by atoms with E-state index in [-0.39, 0.29) is 24.6 Å². The molecule has 0 aliphatic carbocycles. The molecule has 1 aliphatic rings. The van der Waals surface area contributed by atoms with Crippen LogP contribution >= 0.6 is 12.2 Å². The zero-order valence-corrected chi connectivity index (χ0v) is 24.1. The molecule has 210 valence electrons. The number of aryl methyl sites for hydroxylation is 1. The van der Waals surface area contributed by atoms with Crippen molar-refractivity contribution in [3.05, 3.63) is 132 Å². The summed E-state index contributed by atoms with van der Waals surface area (Å²) in [4.78, 5) is 23.7. The molecule has 6 rings (SSSR count). The molecular formula is C33H30N6O2S. The summed E-state index contributed by atoms with van der Waals surface area (Å²) < 4.78 is 7.79. The Bertz CT molecular complexity index is 1690. The van der Waals surface area contributed by atoms with Gasteiger partial charge in [-0.2, -0.15) is 0 Å². The highest BCUT2D eigenvalue weighted by Gasteiger charge is 2.42. The van der Waals surface area contributed by atoms with Crippen LogP contribution in [0.25, 0.3) is 5.69 Å². The normalized spacial score (nSPS) is 16.2. The van der Waals surface area contributed by atoms with E-state index < -0.39 is 0 Å². The second-order valence-corrected chi connectivity index (χ2v) is 10.5. The summed E-state index contributed by atoms with van der Waals surface area (Å²) in [7, 11) is 0. The maximum Gasteiger partial charge on any atom is 0.262 e. The number of benzene rings is 2. The van der Waals surface area contributed by atoms with E-state index in [0.29, 0.717) is 16.5 Å². The summed E-state index contributed by atoms with van der Waals surface area (Å²) in [5.41, 5.74) is 6.82. The van der Waals surface area contributed by atoms with Gasteiger partial charge in [0.1, 0.15) is 5.75 Å². The molecule has 9 heteroatoms. The number of carbonyl (C=O) groups is 1. The lowest BCUT2D eigenvalue weighted by atomic mass is 9.96. The third kappa shape index (κ3) is 5.46. The zero-order chi connectivity index (χ0) is 29.1. The van der Waals surface area contributed by atoms with Crippen LogP contribution in [-0.4, -0.2) is 32.2 Å². The fourth-order valence-corrected chi connectivity index (χ4v) is 5.83. The van der Waals surface area contributed by atoms with Crippen LogP contribution < -0.4 is 20.3 Å². The first-order valence-corrected chi connectivity index (χ1v) is 14.1. The molecule has 1 amide bonds. The fourth-order valence-electron chi connectivity index (χ4n) is 5.49. The minimum atomic E-state index is -0.235. The topological polar surface area (TPSA) is 84.3 Å². The predicted molar refractivity (Wildman–Crippen MR) is 168 cm³/mol. The molecule has 42 heavy (non-hydrogen) atoms. The van der Waals surface area contributed by atoms with Gasteiger partial charge in [-0.1, -0.05) is 24.3 Å². The number of thiocarbonyl (C=S) groups is 1. The number of aromatic nitrogens is 3. The monoisotopic (exact) mass is 574 g/mol. The Labute approximate surface area is 250 Å². The van der Waals surface area contributed by atoms with Gasteiger partial charge in [-0.25, -0.2) is 0 Å². The lowest BCUT2D eigenvalue weighted by Crippen LogP contribution is -2.29. The van der Waals surface area contributed by atoms with Crippen LogP contribution in [0.1, 0.15) is 34.7 Å². The van der Waals surface area contributed by atoms with Crippen molar-refractivity contribution in [2.75, 3.05) is 16.8 Å². The van der Waals surface area contributed by atoms with Gasteiger partial charge in [0.25, 0.3) is 5.91 Å². The second-order valence-electron chi connectivity index (χ2n) is 10.1. The van der Waals surface area contributed by atoms with Crippen LogP contribution in [-0.2, 0) is 4.79 Å². The fraction of sp³-hybridized carbons (Fsp3) is 0.152. The highest BCUT2D eigenvalue weighted by atomic mass is 32.1. The van der Waals surface area contributed by atoms with Gasteiger partial charge < -0.3 is 24.8 Å². The summed E-state index contributed by atoms with van der Waals surface area (Å²) in [6.45, 7) is 4.15. The quantitative estimate of drug-likeness (QED) is 0.217. The number of hydrogen-bond acceptors (Lipinski definition) is 5. The average Bonchev–Trinajstić information content (AvgIpc) is 3.52. The van der Waals surface area contributed by atoms with E-state index in [0.717, 1.165) is 34.0 Å². The van der Waals surface area contributed by atoms with E-state index in [1.54, 1.807) is 12.4 Å². The van der Waals surface area contributed by atoms with Gasteiger partial charge in [-0.05, 0) is 98.4 Å². The maximum absolute atomic E-state index is 12.5. The third-order valence-electron chi connectivity index (χ3n) is 7.33. The van der Waals surface area contributed by atoms with Gasteiger partial charge in [0, 0.05) is 35.2 Å². The summed E-state index contributed by atoms with van der Waals surface area (Å²) >= 11 is 5.92. The van der Waals surface area contributed by atoms with E-state index >= 15 is 0 Å². The number of rotatable bonds is 8. The van der Waals surface area contributed by atoms with Gasteiger partial charge in [-0.3, -0.25) is 14.8 Å². The van der Waals surface area contributed by atoms with E-state index in [1.807, 2.05) is 85.1 Å². The third-order valence-corrected chi connectivity index (χ3v) is 7.65. The molecule has 1 aliphatic heterocycles. The molecule has 2 unspecified atom stereocenters. The maximum atomic E-state index is 12.5. The molecule has 0 radical (unpaired) electrons. The SMILES string of the molecule is Cc1cc(C2C(c3ccccn3)NC(=S)N2c2ccc(NC(=O)COc3ccccc3)cc2)c(C)n1-c1cccnc1. The van der Waals surface area contributed by atoms with Gasteiger partial charge in [-0.15, -0.1) is 0 Å². The molecule has 3 aromatic heterocycles. The number of pyridine rings is 2. The highest BCUT2D eigenvalue weighted by Crippen LogP contribution is 2.43. The Morgan fingerprint density at radius 2 is 1.74 bits per heavy atom. The molecule has 5 aromatic rings. The first-order chi connectivity index (χ1) is 20.5. The van der Waals surface area contributed by atoms with Crippen molar-refractivity contribution in [3.63, 3.8) is 0 Å². The molecule has 2 N–H and O–H groups in total. The first kappa shape index (κ1) is 27.2. The van der Waals surface area contributed by atoms with Crippen LogP contribution in [0, 0.1) is 13.8 Å². The molecule has 2 atom stereocenters. The number of nitrogens with zero attached hydrogens (tertiary/aromatic N) is 4. The molecule has 0 spiro atoms. The Morgan fingerprint density at radius 3 is 2.45 bits per heavy atom. The van der Waals surface area contributed by atoms with Crippen LogP contribution in [0.3, 0.4) is 0 Å². The van der Waals surface area contributed by atoms with Crippen molar-refractivity contribution in [2.45, 2.75) is 25.9 Å². The van der Waals surface area contributed by atoms with Gasteiger partial charge in [0.15, 0.2) is 11.7 Å². The molecule has 4 heterocycles. The van der Waals surface area contributed by atoms with Crippen molar-refractivity contribution >= 4 is 34.6 Å². The smallest absolute Gasteiger partial charge is 0.262 e. The summed E-state index contributed by atoms with van der Waals surface area (Å²) in [5, 5.41) is 7.04. The van der Waals surface area contributed by atoms with Crippen molar-refractivity contribution in [1.82, 2.24) is 19.9 Å². The zero-order valence-electron chi connectivity index (χ0n) is 23.3. The van der Waals surface area contributed by atoms with Crippen LogP contribution in [0.5, 0.6) is 5.75 Å². The molecule has 1 saturated heterocycles. The van der Waals surface area contributed by atoms with Crippen molar-refractivity contribution in [1.29, 1.82) is 0 Å². The van der Waals surface area contributed by atoms with Gasteiger partial charge >= 0.3 is 0 Å². The molecule has 1 fully saturated rings. The number of para-hydroxylation sites is 1. The summed E-state index contributed by atoms with van der Waals surface area (Å²) in [6.07, 6.45) is 5.45. The largest absolute Gasteiger partial charge is 0.484 e. The average molecular weight is 575 g/mol. The number of nitrogens with one attached hydrogen (secondary N) is 2. The Hall–Kier alpha value is -5.02. The van der Waals surface area contributed by atoms with Gasteiger partial charge in [0.05, 0.1) is 29.7 Å². The number of hydrogen-bond donors (Lipinski definition) is 2. The predicted octanol–water partition coefficient (Wildman–Crippen LogP) is 6.08. The summed E-state index contributed by atoms with van der Waals surface area (Å²) in [5.74, 6) is 0.412. The number of carbonyl (C=O) groups excluding carboxylic acids is 1. The van der Waals surface area contributed by atoms with Crippen molar-refractivity contribution in [3.8, 4) is 11.4 Å². The minimum Gasteiger partial charge on any atom is -0.484 e. The van der Waals surface area contributed by atoms with Crippen LogP contribution in [0.2, 0.25) is 0 Å². The summed E-state index contributed by atoms with van der Waals surface area (Å²) in [6, 6.07) is 28.8.